The first-order chi connectivity index (χ1) is 7.51. The lowest BCUT2D eigenvalue weighted by Crippen LogP contribution is -2.01. The molecule has 1 aromatic carbocycles. The van der Waals surface area contributed by atoms with Crippen LogP contribution in [0, 0.1) is 20.2 Å². The van der Waals surface area contributed by atoms with Crippen molar-refractivity contribution in [2.75, 3.05) is 0 Å². The molecule has 1 N–H and O–H groups in total. The third-order valence-corrected chi connectivity index (χ3v) is 2.53. The van der Waals surface area contributed by atoms with Crippen molar-refractivity contribution in [3.05, 3.63) is 43.5 Å². The van der Waals surface area contributed by atoms with E-state index in [1.54, 1.807) is 0 Å². The number of benzene rings is 1. The fourth-order valence-corrected chi connectivity index (χ4v) is 1.83. The van der Waals surface area contributed by atoms with Gasteiger partial charge in [-0.15, -0.1) is 0 Å². The summed E-state index contributed by atoms with van der Waals surface area (Å²) in [5, 5.41) is 30.3. The summed E-state index contributed by atoms with van der Waals surface area (Å²) in [5.74, 6) is 0. The minimum atomic E-state index is -0.706. The molecule has 0 unspecified atom stereocenters. The number of rotatable bonds is 4. The van der Waals surface area contributed by atoms with E-state index in [1.807, 2.05) is 0 Å². The maximum absolute atomic E-state index is 10.7. The molecule has 0 fully saturated rings. The Balaban J connectivity index is 3.52. The van der Waals surface area contributed by atoms with E-state index in [9.17, 15) is 20.2 Å². The summed E-state index contributed by atoms with van der Waals surface area (Å²) in [4.78, 5) is 20.0. The van der Waals surface area contributed by atoms with Gasteiger partial charge < -0.3 is 5.11 Å². The number of hydrogen-bond donors (Lipinski definition) is 1. The third kappa shape index (κ3) is 2.34. The molecule has 0 radical (unpaired) electrons. The van der Waals surface area contributed by atoms with E-state index in [0.717, 1.165) is 12.1 Å². The zero-order valence-electron chi connectivity index (χ0n) is 7.92. The largest absolute Gasteiger partial charge is 0.392 e. The lowest BCUT2D eigenvalue weighted by atomic mass is 10.1. The summed E-state index contributed by atoms with van der Waals surface area (Å²) in [6, 6.07) is 2.26. The SMILES string of the molecule is O=[N+]([O-])c1cc(CO)cc([N+](=O)[O-])c1CBr. The highest BCUT2D eigenvalue weighted by atomic mass is 79.9. The molecule has 0 saturated carbocycles. The second kappa shape index (κ2) is 4.99. The fraction of sp³-hybridized carbons (Fsp3) is 0.250. The van der Waals surface area contributed by atoms with Crippen LogP contribution in [0.2, 0.25) is 0 Å². The molecule has 0 aliphatic carbocycles. The highest BCUT2D eigenvalue weighted by molar-refractivity contribution is 9.08. The first-order valence-electron chi connectivity index (χ1n) is 4.12. The van der Waals surface area contributed by atoms with Crippen molar-refractivity contribution < 1.29 is 15.0 Å². The Kier molecular flexibility index (Phi) is 3.91. The molecule has 86 valence electrons. The first kappa shape index (κ1) is 12.5. The van der Waals surface area contributed by atoms with Crippen molar-refractivity contribution in [1.82, 2.24) is 0 Å². The third-order valence-electron chi connectivity index (χ3n) is 1.97. The smallest absolute Gasteiger partial charge is 0.280 e. The number of hydrogen-bond acceptors (Lipinski definition) is 5. The standard InChI is InChI=1S/C8H7BrN2O5/c9-3-6-7(10(13)14)1-5(4-12)2-8(6)11(15)16/h1-2,12H,3-4H2. The van der Waals surface area contributed by atoms with Crippen LogP contribution in [0.3, 0.4) is 0 Å². The Morgan fingerprint density at radius 2 is 1.62 bits per heavy atom. The van der Waals surface area contributed by atoms with Gasteiger partial charge >= 0.3 is 0 Å². The number of nitro benzene ring substituents is 2. The second-order valence-corrected chi connectivity index (χ2v) is 3.48. The first-order valence-corrected chi connectivity index (χ1v) is 5.24. The number of aliphatic hydroxyl groups is 1. The summed E-state index contributed by atoms with van der Waals surface area (Å²) >= 11 is 2.97. The Hall–Kier alpha value is -1.54. The lowest BCUT2D eigenvalue weighted by Gasteiger charge is -2.03. The van der Waals surface area contributed by atoms with Crippen molar-refractivity contribution in [3.8, 4) is 0 Å². The van der Waals surface area contributed by atoms with Gasteiger partial charge in [-0.05, 0) is 5.56 Å². The molecule has 0 spiro atoms. The maximum atomic E-state index is 10.7. The molecular formula is C8H7BrN2O5. The van der Waals surface area contributed by atoms with E-state index < -0.39 is 16.5 Å². The van der Waals surface area contributed by atoms with E-state index in [-0.39, 0.29) is 27.8 Å². The molecule has 1 rings (SSSR count). The van der Waals surface area contributed by atoms with Crippen LogP contribution in [0.15, 0.2) is 12.1 Å². The number of alkyl halides is 1. The summed E-state index contributed by atoms with van der Waals surface area (Å²) < 4.78 is 0. The maximum Gasteiger partial charge on any atom is 0.280 e. The van der Waals surface area contributed by atoms with E-state index in [0.29, 0.717) is 0 Å². The molecule has 1 aromatic rings. The zero-order chi connectivity index (χ0) is 12.3. The van der Waals surface area contributed by atoms with Crippen molar-refractivity contribution in [1.29, 1.82) is 0 Å². The van der Waals surface area contributed by atoms with Crippen molar-refractivity contribution in [2.45, 2.75) is 11.9 Å². The Labute approximate surface area is 98.1 Å². The van der Waals surface area contributed by atoms with Gasteiger partial charge in [-0.25, -0.2) is 0 Å². The van der Waals surface area contributed by atoms with Crippen molar-refractivity contribution in [3.63, 3.8) is 0 Å². The van der Waals surface area contributed by atoms with E-state index >= 15 is 0 Å². The van der Waals surface area contributed by atoms with Crippen LogP contribution in [0.5, 0.6) is 0 Å². The predicted molar refractivity (Wildman–Crippen MR) is 58.3 cm³/mol. The Morgan fingerprint density at radius 1 is 1.19 bits per heavy atom. The highest BCUT2D eigenvalue weighted by Gasteiger charge is 2.25. The molecular weight excluding hydrogens is 284 g/mol. The van der Waals surface area contributed by atoms with Crippen LogP contribution in [-0.4, -0.2) is 15.0 Å². The van der Waals surface area contributed by atoms with Gasteiger partial charge in [0.2, 0.25) is 0 Å². The minimum Gasteiger partial charge on any atom is -0.392 e. The zero-order valence-corrected chi connectivity index (χ0v) is 9.51. The fourth-order valence-electron chi connectivity index (χ4n) is 1.25. The molecule has 7 nitrogen and oxygen atoms in total. The number of nitro groups is 2. The van der Waals surface area contributed by atoms with Gasteiger partial charge in [0.1, 0.15) is 5.56 Å². The van der Waals surface area contributed by atoms with Crippen LogP contribution in [0.1, 0.15) is 11.1 Å². The van der Waals surface area contributed by atoms with Crippen molar-refractivity contribution >= 4 is 27.3 Å². The monoisotopic (exact) mass is 290 g/mol. The average molecular weight is 291 g/mol. The van der Waals surface area contributed by atoms with Gasteiger partial charge in [0, 0.05) is 17.5 Å². The molecule has 0 atom stereocenters. The van der Waals surface area contributed by atoms with Crippen molar-refractivity contribution in [2.24, 2.45) is 0 Å². The number of nitrogens with zero attached hydrogens (tertiary/aromatic N) is 2. The number of aliphatic hydroxyl groups excluding tert-OH is 1. The molecule has 0 aromatic heterocycles. The minimum absolute atomic E-state index is 0.00529. The average Bonchev–Trinajstić information content (AvgIpc) is 2.26. The van der Waals surface area contributed by atoms with Crippen LogP contribution in [0.4, 0.5) is 11.4 Å². The molecule has 0 bridgehead atoms. The van der Waals surface area contributed by atoms with Gasteiger partial charge in [-0.1, -0.05) is 15.9 Å². The van der Waals surface area contributed by atoms with Crippen LogP contribution < -0.4 is 0 Å². The van der Waals surface area contributed by atoms with Crippen LogP contribution in [0.25, 0.3) is 0 Å². The van der Waals surface area contributed by atoms with Gasteiger partial charge in [-0.3, -0.25) is 20.2 Å². The summed E-state index contributed by atoms with van der Waals surface area (Å²) in [7, 11) is 0. The topological polar surface area (TPSA) is 107 Å². The summed E-state index contributed by atoms with van der Waals surface area (Å²) in [5.41, 5.74) is -0.597. The van der Waals surface area contributed by atoms with Crippen LogP contribution in [-0.2, 0) is 11.9 Å². The number of halogens is 1. The lowest BCUT2D eigenvalue weighted by molar-refractivity contribution is -0.395. The molecule has 0 aliphatic rings. The van der Waals surface area contributed by atoms with E-state index in [4.69, 9.17) is 5.11 Å². The Morgan fingerprint density at radius 3 is 1.88 bits per heavy atom. The molecule has 8 heteroatoms. The predicted octanol–water partition coefficient (Wildman–Crippen LogP) is 1.89. The highest BCUT2D eigenvalue weighted by Crippen LogP contribution is 2.32. The summed E-state index contributed by atoms with van der Waals surface area (Å²) in [6.07, 6.45) is 0. The quantitative estimate of drug-likeness (QED) is 0.518. The summed E-state index contributed by atoms with van der Waals surface area (Å²) in [6.45, 7) is -0.482. The molecule has 0 heterocycles. The molecule has 0 aliphatic heterocycles. The van der Waals surface area contributed by atoms with Crippen LogP contribution >= 0.6 is 15.9 Å². The molecule has 16 heavy (non-hydrogen) atoms. The van der Waals surface area contributed by atoms with Gasteiger partial charge in [-0.2, -0.15) is 0 Å². The van der Waals surface area contributed by atoms with E-state index in [1.165, 1.54) is 0 Å². The normalized spacial score (nSPS) is 10.1. The van der Waals surface area contributed by atoms with E-state index in [2.05, 4.69) is 15.9 Å². The molecule has 0 amide bonds. The second-order valence-electron chi connectivity index (χ2n) is 2.92. The van der Waals surface area contributed by atoms with Gasteiger partial charge in [0.15, 0.2) is 0 Å². The van der Waals surface area contributed by atoms with Gasteiger partial charge in [0.25, 0.3) is 11.4 Å². The Bertz CT molecular complexity index is 413. The molecule has 0 saturated heterocycles. The van der Waals surface area contributed by atoms with Gasteiger partial charge in [0.05, 0.1) is 16.5 Å².